The second-order valence-corrected chi connectivity index (χ2v) is 5.45. The van der Waals surface area contributed by atoms with E-state index in [2.05, 4.69) is 37.3 Å². The average molecular weight is 277 g/mol. The zero-order chi connectivity index (χ0) is 11.5. The number of unbranched alkanes of at least 4 members (excludes halogenated alkanes) is 6. The molecule has 0 bridgehead atoms. The number of benzene rings is 1. The Hall–Kier alpha value is 0.830. The first-order chi connectivity index (χ1) is 7.93. The molecule has 0 saturated heterocycles. The Kier molecular flexibility index (Phi) is 13.9. The average Bonchev–Trinajstić information content (AvgIpc) is 2.34. The van der Waals surface area contributed by atoms with E-state index in [0.29, 0.717) is 0 Å². The van der Waals surface area contributed by atoms with Gasteiger partial charge in [-0.3, -0.25) is 0 Å². The third-order valence-electron chi connectivity index (χ3n) is 2.76. The molecule has 0 N–H and O–H groups in total. The van der Waals surface area contributed by atoms with Crippen LogP contribution in [0.15, 0.2) is 35.2 Å². The number of hydrogen-bond acceptors (Lipinski definition) is 1. The first-order valence-corrected chi connectivity index (χ1v) is 7.60. The molecular formula is C15H24CaS. The maximum atomic E-state index is 2.27. The Labute approximate surface area is 141 Å². The Morgan fingerprint density at radius 2 is 1.41 bits per heavy atom. The summed E-state index contributed by atoms with van der Waals surface area (Å²) in [6.07, 6.45) is 9.83. The van der Waals surface area contributed by atoms with Crippen LogP contribution in [0.4, 0.5) is 0 Å². The molecule has 1 rings (SSSR count). The first kappa shape index (κ1) is 17.8. The minimum atomic E-state index is 0. The van der Waals surface area contributed by atoms with E-state index in [0.717, 1.165) is 0 Å². The van der Waals surface area contributed by atoms with Crippen molar-refractivity contribution in [3.8, 4) is 0 Å². The molecule has 0 aromatic heterocycles. The zero-order valence-corrected chi connectivity index (χ0v) is 14.2. The summed E-state index contributed by atoms with van der Waals surface area (Å²) >= 11 is 1.99. The molecule has 0 amide bonds. The van der Waals surface area contributed by atoms with Gasteiger partial charge in [0.15, 0.2) is 0 Å². The molecule has 0 nitrogen and oxygen atoms in total. The molecule has 0 heterocycles. The quantitative estimate of drug-likeness (QED) is 0.341. The van der Waals surface area contributed by atoms with Crippen LogP contribution in [0.3, 0.4) is 0 Å². The molecule has 0 aliphatic carbocycles. The van der Waals surface area contributed by atoms with Crippen LogP contribution in [-0.4, -0.2) is 43.5 Å². The van der Waals surface area contributed by atoms with E-state index in [1.165, 1.54) is 55.6 Å². The smallest absolute Gasteiger partial charge is 0.00719 e. The van der Waals surface area contributed by atoms with Gasteiger partial charge in [-0.1, -0.05) is 63.6 Å². The van der Waals surface area contributed by atoms with Crippen LogP contribution in [0.2, 0.25) is 0 Å². The molecule has 1 aromatic rings. The van der Waals surface area contributed by atoms with Gasteiger partial charge in [-0.15, -0.1) is 11.8 Å². The van der Waals surface area contributed by atoms with E-state index in [4.69, 9.17) is 0 Å². The normalized spacial score (nSPS) is 9.94. The van der Waals surface area contributed by atoms with Crippen LogP contribution in [-0.2, 0) is 0 Å². The van der Waals surface area contributed by atoms with Crippen molar-refractivity contribution in [3.05, 3.63) is 30.3 Å². The summed E-state index contributed by atoms with van der Waals surface area (Å²) in [5.74, 6) is 1.28. The second kappa shape index (κ2) is 13.3. The second-order valence-electron chi connectivity index (χ2n) is 4.28. The number of hydrogen-bond donors (Lipinski definition) is 0. The van der Waals surface area contributed by atoms with Crippen molar-refractivity contribution < 1.29 is 0 Å². The molecule has 0 atom stereocenters. The fraction of sp³-hybridized carbons (Fsp3) is 0.600. The summed E-state index contributed by atoms with van der Waals surface area (Å²) in [6, 6.07) is 10.7. The fourth-order valence-corrected chi connectivity index (χ4v) is 2.70. The molecule has 0 saturated carbocycles. The monoisotopic (exact) mass is 276 g/mol. The summed E-state index contributed by atoms with van der Waals surface area (Å²) < 4.78 is 0. The van der Waals surface area contributed by atoms with Gasteiger partial charge in [-0.05, 0) is 24.3 Å². The molecule has 0 spiro atoms. The van der Waals surface area contributed by atoms with Crippen LogP contribution < -0.4 is 0 Å². The SMILES string of the molecule is CCCCCCCCCSc1ccccc1.[Ca]. The molecule has 0 fully saturated rings. The minimum absolute atomic E-state index is 0. The van der Waals surface area contributed by atoms with Crippen LogP contribution in [0.1, 0.15) is 51.9 Å². The van der Waals surface area contributed by atoms with Gasteiger partial charge in [0, 0.05) is 42.6 Å². The largest absolute Gasteiger partial charge is 0.126 e. The molecule has 0 unspecified atom stereocenters. The van der Waals surface area contributed by atoms with E-state index in [9.17, 15) is 0 Å². The van der Waals surface area contributed by atoms with Crippen LogP contribution in [0.25, 0.3) is 0 Å². The van der Waals surface area contributed by atoms with Gasteiger partial charge in [-0.25, -0.2) is 0 Å². The third-order valence-corrected chi connectivity index (χ3v) is 3.86. The number of thioether (sulfide) groups is 1. The molecule has 2 heteroatoms. The van der Waals surface area contributed by atoms with Gasteiger partial charge >= 0.3 is 0 Å². The number of rotatable bonds is 9. The standard InChI is InChI=1S/C15H24S.Ca/c1-2-3-4-5-6-7-11-14-16-15-12-9-8-10-13-15;/h8-10,12-13H,2-7,11,14H2,1H3;. The van der Waals surface area contributed by atoms with Crippen molar-refractivity contribution in [2.24, 2.45) is 0 Å². The predicted molar refractivity (Wildman–Crippen MR) is 80.9 cm³/mol. The van der Waals surface area contributed by atoms with Gasteiger partial charge < -0.3 is 0 Å². The third kappa shape index (κ3) is 10.4. The van der Waals surface area contributed by atoms with E-state index in [-0.39, 0.29) is 37.7 Å². The summed E-state index contributed by atoms with van der Waals surface area (Å²) in [4.78, 5) is 1.41. The van der Waals surface area contributed by atoms with Crippen LogP contribution in [0, 0.1) is 0 Å². The zero-order valence-electron chi connectivity index (χ0n) is 11.2. The van der Waals surface area contributed by atoms with Gasteiger partial charge in [-0.2, -0.15) is 0 Å². The Morgan fingerprint density at radius 1 is 0.824 bits per heavy atom. The van der Waals surface area contributed by atoms with E-state index >= 15 is 0 Å². The summed E-state index contributed by atoms with van der Waals surface area (Å²) in [5, 5.41) is 0. The van der Waals surface area contributed by atoms with Crippen LogP contribution in [0.5, 0.6) is 0 Å². The molecule has 17 heavy (non-hydrogen) atoms. The Morgan fingerprint density at radius 3 is 2.06 bits per heavy atom. The summed E-state index contributed by atoms with van der Waals surface area (Å²) in [6.45, 7) is 2.27. The molecule has 2 radical (unpaired) electrons. The Balaban J connectivity index is 0.00000256. The summed E-state index contributed by atoms with van der Waals surface area (Å²) in [7, 11) is 0. The van der Waals surface area contributed by atoms with Crippen molar-refractivity contribution in [1.82, 2.24) is 0 Å². The van der Waals surface area contributed by atoms with Crippen molar-refractivity contribution in [2.45, 2.75) is 56.8 Å². The van der Waals surface area contributed by atoms with Crippen molar-refractivity contribution in [2.75, 3.05) is 5.75 Å². The maximum Gasteiger partial charge on any atom is 0.00719 e. The van der Waals surface area contributed by atoms with Crippen molar-refractivity contribution in [3.63, 3.8) is 0 Å². The summed E-state index contributed by atoms with van der Waals surface area (Å²) in [5.41, 5.74) is 0. The van der Waals surface area contributed by atoms with Gasteiger partial charge in [0.1, 0.15) is 0 Å². The van der Waals surface area contributed by atoms with Gasteiger partial charge in [0.2, 0.25) is 0 Å². The van der Waals surface area contributed by atoms with Crippen molar-refractivity contribution >= 4 is 49.5 Å². The molecule has 0 aliphatic heterocycles. The van der Waals surface area contributed by atoms with E-state index in [1.807, 2.05) is 11.8 Å². The fourth-order valence-electron chi connectivity index (χ4n) is 1.77. The first-order valence-electron chi connectivity index (χ1n) is 6.61. The molecule has 92 valence electrons. The van der Waals surface area contributed by atoms with Gasteiger partial charge in [0.05, 0.1) is 0 Å². The molecular weight excluding hydrogens is 252 g/mol. The molecule has 0 aliphatic rings. The van der Waals surface area contributed by atoms with E-state index in [1.54, 1.807) is 0 Å². The molecule has 1 aromatic carbocycles. The van der Waals surface area contributed by atoms with Crippen molar-refractivity contribution in [1.29, 1.82) is 0 Å². The van der Waals surface area contributed by atoms with Gasteiger partial charge in [0.25, 0.3) is 0 Å². The maximum absolute atomic E-state index is 2.27. The predicted octanol–water partition coefficient (Wildman–Crippen LogP) is 5.15. The minimum Gasteiger partial charge on any atom is -0.126 e. The van der Waals surface area contributed by atoms with Crippen LogP contribution >= 0.6 is 11.8 Å². The van der Waals surface area contributed by atoms with E-state index < -0.39 is 0 Å². The topological polar surface area (TPSA) is 0 Å². The Bertz CT molecular complexity index is 248.